The summed E-state index contributed by atoms with van der Waals surface area (Å²) < 4.78 is 7.41. The number of nitrogens with one attached hydrogen (secondary N) is 1. The van der Waals surface area contributed by atoms with E-state index in [-0.39, 0.29) is 6.04 Å². The van der Waals surface area contributed by atoms with Gasteiger partial charge in [0.2, 0.25) is 0 Å². The molecule has 19 heavy (non-hydrogen) atoms. The Labute approximate surface area is 113 Å². The molecule has 0 saturated heterocycles. The van der Waals surface area contributed by atoms with Crippen LogP contribution >= 0.6 is 0 Å². The van der Waals surface area contributed by atoms with Crippen LogP contribution in [0.4, 0.5) is 0 Å². The topological polar surface area (TPSA) is 52.0 Å². The summed E-state index contributed by atoms with van der Waals surface area (Å²) in [6.45, 7) is 3.04. The molecule has 2 rings (SSSR count). The molecule has 0 radical (unpaired) electrons. The molecule has 0 amide bonds. The number of methoxy groups -OCH3 is 1. The van der Waals surface area contributed by atoms with Crippen LogP contribution in [-0.4, -0.2) is 28.2 Å². The Morgan fingerprint density at radius 3 is 2.84 bits per heavy atom. The Kier molecular flexibility index (Phi) is 4.52. The van der Waals surface area contributed by atoms with Crippen LogP contribution in [0.5, 0.6) is 5.75 Å². The zero-order chi connectivity index (χ0) is 13.7. The van der Waals surface area contributed by atoms with Crippen LogP contribution < -0.4 is 10.1 Å². The van der Waals surface area contributed by atoms with Crippen LogP contribution in [0, 0.1) is 0 Å². The molecule has 0 aromatic carbocycles. The second kappa shape index (κ2) is 6.33. The summed E-state index contributed by atoms with van der Waals surface area (Å²) in [5, 5.41) is 3.48. The van der Waals surface area contributed by atoms with E-state index in [1.165, 1.54) is 0 Å². The fourth-order valence-electron chi connectivity index (χ4n) is 2.05. The van der Waals surface area contributed by atoms with E-state index < -0.39 is 0 Å². The summed E-state index contributed by atoms with van der Waals surface area (Å²) in [6, 6.07) is 3.74. The summed E-state index contributed by atoms with van der Waals surface area (Å²) >= 11 is 0. The van der Waals surface area contributed by atoms with Crippen molar-refractivity contribution in [3.05, 3.63) is 42.2 Å². The highest BCUT2D eigenvalue weighted by molar-refractivity contribution is 5.33. The van der Waals surface area contributed by atoms with Crippen LogP contribution in [0.1, 0.15) is 30.9 Å². The number of nitrogens with zero attached hydrogens (tertiary/aromatic N) is 3. The van der Waals surface area contributed by atoms with Crippen LogP contribution in [0.2, 0.25) is 0 Å². The largest absolute Gasteiger partial charge is 0.495 e. The van der Waals surface area contributed by atoms with E-state index in [1.807, 2.05) is 29.9 Å². The van der Waals surface area contributed by atoms with E-state index in [9.17, 15) is 0 Å². The molecule has 0 aliphatic rings. The molecule has 1 unspecified atom stereocenters. The first-order chi connectivity index (χ1) is 9.27. The van der Waals surface area contributed by atoms with Crippen LogP contribution in [0.15, 0.2) is 30.7 Å². The minimum atomic E-state index is -0.0592. The zero-order valence-corrected chi connectivity index (χ0v) is 11.6. The molecular formula is C14H20N4O. The lowest BCUT2D eigenvalue weighted by molar-refractivity contribution is 0.397. The van der Waals surface area contributed by atoms with Crippen molar-refractivity contribution in [2.45, 2.75) is 19.4 Å². The van der Waals surface area contributed by atoms with Crippen molar-refractivity contribution in [1.82, 2.24) is 19.9 Å². The fraction of sp³-hybridized carbons (Fsp3) is 0.429. The molecule has 102 valence electrons. The zero-order valence-electron chi connectivity index (χ0n) is 11.6. The van der Waals surface area contributed by atoms with E-state index in [4.69, 9.17) is 4.74 Å². The number of pyridine rings is 1. The van der Waals surface area contributed by atoms with Crippen molar-refractivity contribution in [1.29, 1.82) is 0 Å². The molecule has 2 heterocycles. The van der Waals surface area contributed by atoms with E-state index in [0.29, 0.717) is 0 Å². The van der Waals surface area contributed by atoms with Crippen molar-refractivity contribution >= 4 is 0 Å². The molecular weight excluding hydrogens is 240 g/mol. The summed E-state index contributed by atoms with van der Waals surface area (Å²) in [7, 11) is 3.65. The summed E-state index contributed by atoms with van der Waals surface area (Å²) in [4.78, 5) is 8.88. The Hall–Kier alpha value is -1.88. The quantitative estimate of drug-likeness (QED) is 0.862. The van der Waals surface area contributed by atoms with Crippen molar-refractivity contribution in [2.24, 2.45) is 7.05 Å². The van der Waals surface area contributed by atoms with Gasteiger partial charge in [-0.05, 0) is 25.1 Å². The first kappa shape index (κ1) is 13.5. The Morgan fingerprint density at radius 1 is 1.37 bits per heavy atom. The van der Waals surface area contributed by atoms with Gasteiger partial charge in [-0.25, -0.2) is 4.98 Å². The highest BCUT2D eigenvalue weighted by atomic mass is 16.5. The summed E-state index contributed by atoms with van der Waals surface area (Å²) in [6.07, 6.45) is 6.56. The van der Waals surface area contributed by atoms with Crippen LogP contribution in [-0.2, 0) is 7.05 Å². The van der Waals surface area contributed by atoms with Gasteiger partial charge in [-0.3, -0.25) is 4.98 Å². The normalized spacial score (nSPS) is 12.4. The second-order valence-electron chi connectivity index (χ2n) is 4.37. The van der Waals surface area contributed by atoms with Crippen LogP contribution in [0.25, 0.3) is 0 Å². The molecule has 5 nitrogen and oxygen atoms in total. The molecule has 2 aromatic rings. The maximum atomic E-state index is 5.40. The van der Waals surface area contributed by atoms with Gasteiger partial charge in [0.05, 0.1) is 7.11 Å². The SMILES string of the molecule is CCCNC(c1ncccc1OC)c1nccn1C. The smallest absolute Gasteiger partial charge is 0.142 e. The number of rotatable bonds is 6. The van der Waals surface area contributed by atoms with Gasteiger partial charge in [0, 0.05) is 25.6 Å². The molecule has 0 aliphatic carbocycles. The predicted molar refractivity (Wildman–Crippen MR) is 74.1 cm³/mol. The summed E-state index contributed by atoms with van der Waals surface area (Å²) in [5.74, 6) is 1.71. The third kappa shape index (κ3) is 2.93. The molecule has 0 spiro atoms. The van der Waals surface area contributed by atoms with Gasteiger partial charge in [0.15, 0.2) is 0 Å². The van der Waals surface area contributed by atoms with Gasteiger partial charge in [-0.1, -0.05) is 6.92 Å². The third-order valence-electron chi connectivity index (χ3n) is 3.01. The molecule has 0 bridgehead atoms. The maximum absolute atomic E-state index is 5.40. The van der Waals surface area contributed by atoms with Gasteiger partial charge in [-0.15, -0.1) is 0 Å². The highest BCUT2D eigenvalue weighted by Crippen LogP contribution is 2.26. The fourth-order valence-corrected chi connectivity index (χ4v) is 2.05. The predicted octanol–water partition coefficient (Wildman–Crippen LogP) is 1.91. The molecule has 2 aromatic heterocycles. The lowest BCUT2D eigenvalue weighted by Crippen LogP contribution is -2.27. The lowest BCUT2D eigenvalue weighted by atomic mass is 10.1. The monoisotopic (exact) mass is 260 g/mol. The standard InChI is InChI=1S/C14H20N4O/c1-4-7-15-13(14-17-9-10-18(14)2)12-11(19-3)6-5-8-16-12/h5-6,8-10,13,15H,4,7H2,1-3H3. The molecule has 0 saturated carbocycles. The number of aryl methyl sites for hydroxylation is 1. The summed E-state index contributed by atoms with van der Waals surface area (Å²) in [5.41, 5.74) is 0.868. The van der Waals surface area contributed by atoms with Gasteiger partial charge >= 0.3 is 0 Å². The van der Waals surface area contributed by atoms with Gasteiger partial charge in [0.1, 0.15) is 23.3 Å². The van der Waals surface area contributed by atoms with Crippen molar-refractivity contribution in [3.63, 3.8) is 0 Å². The third-order valence-corrected chi connectivity index (χ3v) is 3.01. The lowest BCUT2D eigenvalue weighted by Gasteiger charge is -2.19. The minimum Gasteiger partial charge on any atom is -0.495 e. The van der Waals surface area contributed by atoms with E-state index in [1.54, 1.807) is 19.5 Å². The van der Waals surface area contributed by atoms with Gasteiger partial charge < -0.3 is 14.6 Å². The number of imidazole rings is 1. The highest BCUT2D eigenvalue weighted by Gasteiger charge is 2.22. The van der Waals surface area contributed by atoms with Crippen LogP contribution in [0.3, 0.4) is 0 Å². The number of aromatic nitrogens is 3. The Bertz CT molecular complexity index is 524. The Morgan fingerprint density at radius 2 is 2.21 bits per heavy atom. The minimum absolute atomic E-state index is 0.0592. The van der Waals surface area contributed by atoms with Crippen molar-refractivity contribution in [3.8, 4) is 5.75 Å². The van der Waals surface area contributed by atoms with Crippen molar-refractivity contribution in [2.75, 3.05) is 13.7 Å². The van der Waals surface area contributed by atoms with E-state index in [2.05, 4.69) is 22.2 Å². The average Bonchev–Trinajstić information content (AvgIpc) is 2.86. The maximum Gasteiger partial charge on any atom is 0.142 e. The number of ether oxygens (including phenoxy) is 1. The second-order valence-corrected chi connectivity index (χ2v) is 4.37. The van der Waals surface area contributed by atoms with Gasteiger partial charge in [-0.2, -0.15) is 0 Å². The van der Waals surface area contributed by atoms with E-state index in [0.717, 1.165) is 30.2 Å². The first-order valence-electron chi connectivity index (χ1n) is 6.47. The molecule has 0 aliphatic heterocycles. The molecule has 0 fully saturated rings. The van der Waals surface area contributed by atoms with Gasteiger partial charge in [0.25, 0.3) is 0 Å². The molecule has 1 N–H and O–H groups in total. The Balaban J connectivity index is 2.40. The number of hydrogen-bond donors (Lipinski definition) is 1. The molecule has 5 heteroatoms. The van der Waals surface area contributed by atoms with E-state index >= 15 is 0 Å². The molecule has 1 atom stereocenters. The first-order valence-corrected chi connectivity index (χ1v) is 6.47. The van der Waals surface area contributed by atoms with Crippen molar-refractivity contribution < 1.29 is 4.74 Å². The average molecular weight is 260 g/mol. The number of hydrogen-bond acceptors (Lipinski definition) is 4.